The van der Waals surface area contributed by atoms with Crippen LogP contribution in [0.25, 0.3) is 11.0 Å². The molecule has 124 valence electrons. The predicted octanol–water partition coefficient (Wildman–Crippen LogP) is 4.34. The minimum Gasteiger partial charge on any atom is -0.348 e. The molecular formula is C18H17ClFN3O. The summed E-state index contributed by atoms with van der Waals surface area (Å²) < 4.78 is 15.1. The molecular weight excluding hydrogens is 329 g/mol. The van der Waals surface area contributed by atoms with Crippen LogP contribution < -0.4 is 5.32 Å². The molecule has 1 amide bonds. The van der Waals surface area contributed by atoms with Crippen molar-refractivity contribution in [2.24, 2.45) is 0 Å². The van der Waals surface area contributed by atoms with E-state index in [1.807, 2.05) is 24.5 Å². The third-order valence-electron chi connectivity index (χ3n) is 3.82. The first-order chi connectivity index (χ1) is 11.5. The van der Waals surface area contributed by atoms with Gasteiger partial charge in [-0.3, -0.25) is 4.79 Å². The van der Waals surface area contributed by atoms with E-state index >= 15 is 0 Å². The van der Waals surface area contributed by atoms with Gasteiger partial charge in [-0.25, -0.2) is 9.37 Å². The van der Waals surface area contributed by atoms with E-state index in [4.69, 9.17) is 11.6 Å². The van der Waals surface area contributed by atoms with Crippen molar-refractivity contribution >= 4 is 28.5 Å². The molecule has 1 N–H and O–H groups in total. The van der Waals surface area contributed by atoms with E-state index in [1.165, 1.54) is 12.1 Å². The average Bonchev–Trinajstić information content (AvgIpc) is 2.96. The van der Waals surface area contributed by atoms with E-state index in [0.717, 1.165) is 22.7 Å². The maximum Gasteiger partial charge on any atom is 0.253 e. The van der Waals surface area contributed by atoms with Crippen molar-refractivity contribution < 1.29 is 9.18 Å². The monoisotopic (exact) mass is 345 g/mol. The van der Waals surface area contributed by atoms with Crippen molar-refractivity contribution in [3.63, 3.8) is 0 Å². The summed E-state index contributed by atoms with van der Waals surface area (Å²) >= 11 is 5.90. The molecule has 0 unspecified atom stereocenters. The van der Waals surface area contributed by atoms with Crippen molar-refractivity contribution in [1.82, 2.24) is 14.9 Å². The number of hydrogen-bond acceptors (Lipinski definition) is 2. The molecule has 0 saturated heterocycles. The summed E-state index contributed by atoms with van der Waals surface area (Å²) in [6.07, 6.45) is 1.82. The standard InChI is InChI=1S/C18H17ClFN3O/c1-11(2)23-10-22-16-7-12(3-6-17(16)23)9-21-18(24)14-5-4-13(20)8-15(14)19/h3-8,10-11H,9H2,1-2H3,(H,21,24). The molecule has 3 aromatic rings. The summed E-state index contributed by atoms with van der Waals surface area (Å²) in [5.74, 6) is -0.810. The van der Waals surface area contributed by atoms with Crippen LogP contribution in [-0.2, 0) is 6.54 Å². The number of carbonyl (C=O) groups excluding carboxylic acids is 1. The fourth-order valence-electron chi connectivity index (χ4n) is 2.55. The van der Waals surface area contributed by atoms with Gasteiger partial charge in [0.15, 0.2) is 0 Å². The molecule has 0 aliphatic heterocycles. The molecule has 1 aromatic heterocycles. The molecule has 0 saturated carbocycles. The highest BCUT2D eigenvalue weighted by Gasteiger charge is 2.11. The van der Waals surface area contributed by atoms with Gasteiger partial charge in [-0.2, -0.15) is 0 Å². The van der Waals surface area contributed by atoms with E-state index in [-0.39, 0.29) is 16.5 Å². The fourth-order valence-corrected chi connectivity index (χ4v) is 2.80. The van der Waals surface area contributed by atoms with Gasteiger partial charge in [0.05, 0.1) is 27.9 Å². The lowest BCUT2D eigenvalue weighted by molar-refractivity contribution is 0.0951. The van der Waals surface area contributed by atoms with E-state index in [1.54, 1.807) is 0 Å². The zero-order valence-corrected chi connectivity index (χ0v) is 14.1. The molecule has 1 heterocycles. The van der Waals surface area contributed by atoms with Crippen LogP contribution in [0.2, 0.25) is 5.02 Å². The van der Waals surface area contributed by atoms with Crippen LogP contribution in [0.3, 0.4) is 0 Å². The maximum atomic E-state index is 13.0. The van der Waals surface area contributed by atoms with Crippen LogP contribution in [0.4, 0.5) is 4.39 Å². The van der Waals surface area contributed by atoms with Crippen LogP contribution in [0, 0.1) is 5.82 Å². The summed E-state index contributed by atoms with van der Waals surface area (Å²) in [5.41, 5.74) is 3.13. The zero-order valence-electron chi connectivity index (χ0n) is 13.4. The first-order valence-electron chi connectivity index (χ1n) is 7.64. The summed E-state index contributed by atoms with van der Waals surface area (Å²) in [7, 11) is 0. The van der Waals surface area contributed by atoms with Gasteiger partial charge in [0.25, 0.3) is 5.91 Å². The van der Waals surface area contributed by atoms with Gasteiger partial charge in [0, 0.05) is 12.6 Å². The van der Waals surface area contributed by atoms with Crippen LogP contribution >= 0.6 is 11.6 Å². The van der Waals surface area contributed by atoms with Gasteiger partial charge < -0.3 is 9.88 Å². The van der Waals surface area contributed by atoms with E-state index in [9.17, 15) is 9.18 Å². The van der Waals surface area contributed by atoms with Crippen LogP contribution in [0.1, 0.15) is 35.8 Å². The second kappa shape index (κ2) is 6.61. The minimum atomic E-state index is -0.470. The molecule has 4 nitrogen and oxygen atoms in total. The molecule has 0 atom stereocenters. The first-order valence-corrected chi connectivity index (χ1v) is 8.02. The Labute approximate surface area is 144 Å². The molecule has 0 fully saturated rings. The Morgan fingerprint density at radius 1 is 1.29 bits per heavy atom. The number of halogens is 2. The quantitative estimate of drug-likeness (QED) is 0.764. The average molecular weight is 346 g/mol. The maximum absolute atomic E-state index is 13.0. The Hall–Kier alpha value is -2.40. The van der Waals surface area contributed by atoms with Crippen LogP contribution in [0.5, 0.6) is 0 Å². The Bertz CT molecular complexity index is 904. The van der Waals surface area contributed by atoms with E-state index in [2.05, 4.69) is 28.7 Å². The first kappa shape index (κ1) is 16.5. The summed E-state index contributed by atoms with van der Waals surface area (Å²) in [4.78, 5) is 16.6. The minimum absolute atomic E-state index is 0.0960. The Morgan fingerprint density at radius 3 is 2.79 bits per heavy atom. The number of nitrogens with zero attached hydrogens (tertiary/aromatic N) is 2. The molecule has 0 radical (unpaired) electrons. The van der Waals surface area contributed by atoms with Crippen molar-refractivity contribution in [3.05, 3.63) is 64.7 Å². The molecule has 0 spiro atoms. The number of aromatic nitrogens is 2. The normalized spacial score (nSPS) is 11.2. The van der Waals surface area contributed by atoms with Crippen molar-refractivity contribution in [2.45, 2.75) is 26.4 Å². The smallest absolute Gasteiger partial charge is 0.253 e. The Kier molecular flexibility index (Phi) is 4.53. The molecule has 0 aliphatic carbocycles. The second-order valence-electron chi connectivity index (χ2n) is 5.88. The molecule has 0 bridgehead atoms. The molecule has 0 aliphatic rings. The van der Waals surface area contributed by atoms with Crippen molar-refractivity contribution in [1.29, 1.82) is 0 Å². The van der Waals surface area contributed by atoms with Crippen molar-refractivity contribution in [2.75, 3.05) is 0 Å². The molecule has 24 heavy (non-hydrogen) atoms. The van der Waals surface area contributed by atoms with Crippen molar-refractivity contribution in [3.8, 4) is 0 Å². The van der Waals surface area contributed by atoms with Gasteiger partial charge in [0.1, 0.15) is 5.82 Å². The number of nitrogens with one attached hydrogen (secondary N) is 1. The molecule has 2 aromatic carbocycles. The largest absolute Gasteiger partial charge is 0.348 e. The van der Waals surface area contributed by atoms with Gasteiger partial charge >= 0.3 is 0 Å². The number of hydrogen-bond donors (Lipinski definition) is 1. The number of amides is 1. The molecule has 6 heteroatoms. The Balaban J connectivity index is 1.74. The zero-order chi connectivity index (χ0) is 17.3. The summed E-state index contributed by atoms with van der Waals surface area (Å²) in [6, 6.07) is 9.94. The lowest BCUT2D eigenvalue weighted by atomic mass is 10.1. The van der Waals surface area contributed by atoms with Gasteiger partial charge in [-0.1, -0.05) is 17.7 Å². The number of carbonyl (C=O) groups is 1. The highest BCUT2D eigenvalue weighted by molar-refractivity contribution is 6.33. The van der Waals surface area contributed by atoms with E-state index < -0.39 is 5.82 Å². The summed E-state index contributed by atoms with van der Waals surface area (Å²) in [6.45, 7) is 4.54. The van der Waals surface area contributed by atoms with Gasteiger partial charge in [-0.15, -0.1) is 0 Å². The highest BCUT2D eigenvalue weighted by Crippen LogP contribution is 2.20. The van der Waals surface area contributed by atoms with Gasteiger partial charge in [0.2, 0.25) is 0 Å². The summed E-state index contributed by atoms with van der Waals surface area (Å²) in [5, 5.41) is 2.89. The van der Waals surface area contributed by atoms with Crippen LogP contribution in [0.15, 0.2) is 42.7 Å². The highest BCUT2D eigenvalue weighted by atomic mass is 35.5. The fraction of sp³-hybridized carbons (Fsp3) is 0.222. The number of imidazole rings is 1. The Morgan fingerprint density at radius 2 is 2.08 bits per heavy atom. The van der Waals surface area contributed by atoms with Gasteiger partial charge in [-0.05, 0) is 49.7 Å². The SMILES string of the molecule is CC(C)n1cnc2cc(CNC(=O)c3ccc(F)cc3Cl)ccc21. The lowest BCUT2D eigenvalue weighted by Crippen LogP contribution is -2.23. The lowest BCUT2D eigenvalue weighted by Gasteiger charge is -2.09. The third-order valence-corrected chi connectivity index (χ3v) is 4.14. The third kappa shape index (κ3) is 3.26. The number of benzene rings is 2. The number of rotatable bonds is 4. The van der Waals surface area contributed by atoms with E-state index in [0.29, 0.717) is 12.6 Å². The molecule has 3 rings (SSSR count). The number of fused-ring (bicyclic) bond motifs is 1. The van der Waals surface area contributed by atoms with Crippen LogP contribution in [-0.4, -0.2) is 15.5 Å². The second-order valence-corrected chi connectivity index (χ2v) is 6.28. The topological polar surface area (TPSA) is 46.9 Å². The predicted molar refractivity (Wildman–Crippen MR) is 92.7 cm³/mol.